The maximum Gasteiger partial charge on any atom is 0.258 e. The Bertz CT molecular complexity index is 567. The van der Waals surface area contributed by atoms with Crippen LogP contribution in [0, 0.1) is 6.92 Å². The number of nitrogens with zero attached hydrogens (tertiary/aromatic N) is 2. The van der Waals surface area contributed by atoms with Gasteiger partial charge in [-0.15, -0.1) is 0 Å². The van der Waals surface area contributed by atoms with Crippen LogP contribution in [0.3, 0.4) is 0 Å². The fourth-order valence-electron chi connectivity index (χ4n) is 1.78. The topological polar surface area (TPSA) is 59.2 Å². The maximum atomic E-state index is 12.3. The molecular formula is C14H15N3O. The summed E-state index contributed by atoms with van der Waals surface area (Å²) in [6.45, 7) is 1.88. The van der Waals surface area contributed by atoms with Gasteiger partial charge < -0.3 is 10.6 Å². The van der Waals surface area contributed by atoms with Crippen molar-refractivity contribution in [3.05, 3.63) is 53.9 Å². The number of carbonyl (C=O) groups is 1. The molecule has 1 aromatic heterocycles. The number of hydrogen-bond donors (Lipinski definition) is 1. The molecule has 1 aromatic carbocycles. The van der Waals surface area contributed by atoms with Gasteiger partial charge >= 0.3 is 0 Å². The first kappa shape index (κ1) is 12.1. The van der Waals surface area contributed by atoms with Crippen molar-refractivity contribution in [1.82, 2.24) is 4.98 Å². The summed E-state index contributed by atoms with van der Waals surface area (Å²) in [4.78, 5) is 17.9. The van der Waals surface area contributed by atoms with Gasteiger partial charge in [-0.1, -0.05) is 0 Å². The Morgan fingerprint density at radius 2 is 2.11 bits per heavy atom. The Morgan fingerprint density at radius 1 is 1.33 bits per heavy atom. The molecule has 0 fully saturated rings. The largest absolute Gasteiger partial charge is 0.399 e. The van der Waals surface area contributed by atoms with Gasteiger partial charge in [0.2, 0.25) is 0 Å². The van der Waals surface area contributed by atoms with Crippen LogP contribution < -0.4 is 10.6 Å². The number of benzene rings is 1. The van der Waals surface area contributed by atoms with E-state index in [4.69, 9.17) is 5.73 Å². The van der Waals surface area contributed by atoms with Crippen LogP contribution in [0.2, 0.25) is 0 Å². The lowest BCUT2D eigenvalue weighted by Gasteiger charge is -2.18. The fourth-order valence-corrected chi connectivity index (χ4v) is 1.78. The van der Waals surface area contributed by atoms with Gasteiger partial charge in [-0.25, -0.2) is 0 Å². The summed E-state index contributed by atoms with van der Waals surface area (Å²) in [5.74, 6) is -0.0690. The number of aryl methyl sites for hydroxylation is 1. The van der Waals surface area contributed by atoms with E-state index in [-0.39, 0.29) is 5.91 Å². The minimum absolute atomic E-state index is 0.0690. The second-order valence-electron chi connectivity index (χ2n) is 4.15. The van der Waals surface area contributed by atoms with E-state index < -0.39 is 0 Å². The van der Waals surface area contributed by atoms with E-state index in [0.717, 1.165) is 11.3 Å². The van der Waals surface area contributed by atoms with Crippen molar-refractivity contribution in [2.45, 2.75) is 6.92 Å². The summed E-state index contributed by atoms with van der Waals surface area (Å²) < 4.78 is 0. The number of nitrogen functional groups attached to an aromatic ring is 1. The molecule has 0 unspecified atom stereocenters. The van der Waals surface area contributed by atoms with E-state index in [9.17, 15) is 4.79 Å². The summed E-state index contributed by atoms with van der Waals surface area (Å²) >= 11 is 0. The number of aromatic nitrogens is 1. The fraction of sp³-hybridized carbons (Fsp3) is 0.143. The van der Waals surface area contributed by atoms with Gasteiger partial charge in [-0.05, 0) is 42.8 Å². The van der Waals surface area contributed by atoms with Crippen LogP contribution in [0.5, 0.6) is 0 Å². The molecular weight excluding hydrogens is 226 g/mol. The molecule has 92 valence electrons. The third-order valence-electron chi connectivity index (χ3n) is 2.82. The summed E-state index contributed by atoms with van der Waals surface area (Å²) in [6.07, 6.45) is 3.33. The molecule has 1 amide bonds. The molecule has 2 N–H and O–H groups in total. The number of rotatable bonds is 2. The van der Waals surface area contributed by atoms with E-state index in [1.807, 2.05) is 13.0 Å². The summed E-state index contributed by atoms with van der Waals surface area (Å²) in [7, 11) is 1.73. The van der Waals surface area contributed by atoms with E-state index in [0.29, 0.717) is 11.3 Å². The first-order valence-corrected chi connectivity index (χ1v) is 5.64. The zero-order chi connectivity index (χ0) is 13.1. The molecule has 0 saturated heterocycles. The van der Waals surface area contributed by atoms with Gasteiger partial charge in [0.05, 0.1) is 11.9 Å². The molecule has 0 spiro atoms. The highest BCUT2D eigenvalue weighted by Crippen LogP contribution is 2.18. The van der Waals surface area contributed by atoms with Crippen LogP contribution in [0.25, 0.3) is 0 Å². The molecule has 0 radical (unpaired) electrons. The number of hydrogen-bond acceptors (Lipinski definition) is 3. The molecule has 4 heteroatoms. The van der Waals surface area contributed by atoms with Crippen LogP contribution in [0.1, 0.15) is 15.9 Å². The maximum absolute atomic E-state index is 12.3. The highest BCUT2D eigenvalue weighted by atomic mass is 16.2. The summed E-state index contributed by atoms with van der Waals surface area (Å²) in [5, 5.41) is 0. The van der Waals surface area contributed by atoms with E-state index in [1.54, 1.807) is 48.6 Å². The van der Waals surface area contributed by atoms with Crippen molar-refractivity contribution in [2.24, 2.45) is 0 Å². The lowest BCUT2D eigenvalue weighted by atomic mass is 10.1. The first-order valence-electron chi connectivity index (χ1n) is 5.64. The number of carbonyl (C=O) groups excluding carboxylic acids is 1. The molecule has 0 saturated carbocycles. The minimum atomic E-state index is -0.0690. The van der Waals surface area contributed by atoms with Gasteiger partial charge in [-0.3, -0.25) is 9.78 Å². The van der Waals surface area contributed by atoms with Gasteiger partial charge in [0.15, 0.2) is 0 Å². The molecule has 0 aliphatic carbocycles. The Morgan fingerprint density at radius 3 is 2.72 bits per heavy atom. The normalized spacial score (nSPS) is 10.1. The van der Waals surface area contributed by atoms with Gasteiger partial charge in [-0.2, -0.15) is 0 Å². The van der Waals surface area contributed by atoms with Crippen LogP contribution >= 0.6 is 0 Å². The van der Waals surface area contributed by atoms with Crippen molar-refractivity contribution < 1.29 is 4.79 Å². The molecule has 4 nitrogen and oxygen atoms in total. The quantitative estimate of drug-likeness (QED) is 0.820. The SMILES string of the molecule is Cc1cc(N)ccc1C(=O)N(C)c1cccnc1. The van der Waals surface area contributed by atoms with Crippen molar-refractivity contribution >= 4 is 17.3 Å². The van der Waals surface area contributed by atoms with Gasteiger partial charge in [0, 0.05) is 24.5 Å². The lowest BCUT2D eigenvalue weighted by Crippen LogP contribution is -2.27. The third-order valence-corrected chi connectivity index (χ3v) is 2.82. The zero-order valence-electron chi connectivity index (χ0n) is 10.4. The first-order chi connectivity index (χ1) is 8.59. The number of nitrogens with two attached hydrogens (primary N) is 1. The van der Waals surface area contributed by atoms with Crippen LogP contribution in [0.15, 0.2) is 42.7 Å². The summed E-state index contributed by atoms with van der Waals surface area (Å²) in [5.41, 5.74) is 8.62. The second kappa shape index (κ2) is 4.87. The average Bonchev–Trinajstić information content (AvgIpc) is 2.38. The smallest absolute Gasteiger partial charge is 0.258 e. The number of amides is 1. The Balaban J connectivity index is 2.32. The Labute approximate surface area is 106 Å². The predicted octanol–water partition coefficient (Wildman–Crippen LogP) is 2.25. The lowest BCUT2D eigenvalue weighted by molar-refractivity contribution is 0.0992. The monoisotopic (exact) mass is 241 g/mol. The molecule has 2 rings (SSSR count). The van der Waals surface area contributed by atoms with Crippen LogP contribution in [-0.4, -0.2) is 17.9 Å². The molecule has 18 heavy (non-hydrogen) atoms. The Hall–Kier alpha value is -2.36. The zero-order valence-corrected chi connectivity index (χ0v) is 10.4. The average molecular weight is 241 g/mol. The second-order valence-corrected chi connectivity index (χ2v) is 4.15. The van der Waals surface area contributed by atoms with E-state index in [1.165, 1.54) is 0 Å². The standard InChI is InChI=1S/C14H15N3O/c1-10-8-11(15)5-6-13(10)14(18)17(2)12-4-3-7-16-9-12/h3-9H,15H2,1-2H3. The molecule has 2 aromatic rings. The van der Waals surface area contributed by atoms with Gasteiger partial charge in [0.1, 0.15) is 0 Å². The highest BCUT2D eigenvalue weighted by molar-refractivity contribution is 6.06. The van der Waals surface area contributed by atoms with Gasteiger partial charge in [0.25, 0.3) is 5.91 Å². The molecule has 0 bridgehead atoms. The molecule has 1 heterocycles. The van der Waals surface area contributed by atoms with Crippen molar-refractivity contribution in [3.8, 4) is 0 Å². The van der Waals surface area contributed by atoms with Crippen molar-refractivity contribution in [2.75, 3.05) is 17.7 Å². The van der Waals surface area contributed by atoms with Crippen LogP contribution in [0.4, 0.5) is 11.4 Å². The van der Waals surface area contributed by atoms with E-state index in [2.05, 4.69) is 4.98 Å². The minimum Gasteiger partial charge on any atom is -0.399 e. The van der Waals surface area contributed by atoms with Crippen LogP contribution in [-0.2, 0) is 0 Å². The van der Waals surface area contributed by atoms with Crippen molar-refractivity contribution in [1.29, 1.82) is 0 Å². The summed E-state index contributed by atoms with van der Waals surface area (Å²) in [6, 6.07) is 8.92. The predicted molar refractivity (Wildman–Crippen MR) is 72.6 cm³/mol. The third kappa shape index (κ3) is 2.32. The van der Waals surface area contributed by atoms with E-state index >= 15 is 0 Å². The van der Waals surface area contributed by atoms with Crippen molar-refractivity contribution in [3.63, 3.8) is 0 Å². The Kier molecular flexibility index (Phi) is 3.28. The molecule has 0 aliphatic rings. The number of anilines is 2. The highest BCUT2D eigenvalue weighted by Gasteiger charge is 2.15. The number of pyridine rings is 1. The molecule has 0 atom stereocenters. The molecule has 0 aliphatic heterocycles.